The number of anilines is 1. The Morgan fingerprint density at radius 1 is 0.694 bits per heavy atom. The molecular formula is C28H45B2NO5. The number of hydrogen-bond acceptors (Lipinski definition) is 6. The van der Waals surface area contributed by atoms with Crippen molar-refractivity contribution in [3.05, 3.63) is 48.4 Å². The molecule has 0 aliphatic carbocycles. The van der Waals surface area contributed by atoms with Crippen LogP contribution in [0.5, 0.6) is 5.75 Å². The highest BCUT2D eigenvalue weighted by Gasteiger charge is 2.50. The highest BCUT2D eigenvalue weighted by molar-refractivity contribution is 6.52. The van der Waals surface area contributed by atoms with Gasteiger partial charge in [-0.05, 0) is 98.9 Å². The minimum Gasteiger partial charge on any atom is -0.497 e. The molecule has 0 N–H and O–H groups in total. The van der Waals surface area contributed by atoms with Crippen LogP contribution in [0.1, 0.15) is 74.7 Å². The number of nitrogens with zero attached hydrogens (tertiary/aromatic N) is 1. The van der Waals surface area contributed by atoms with Crippen molar-refractivity contribution in [3.63, 3.8) is 0 Å². The molecule has 2 heterocycles. The van der Waals surface area contributed by atoms with Gasteiger partial charge < -0.3 is 28.3 Å². The molecule has 0 aromatic heterocycles. The smallest absolute Gasteiger partial charge is 0.486 e. The van der Waals surface area contributed by atoms with E-state index < -0.39 is 0 Å². The number of ether oxygens (including phenoxy) is 1. The molecule has 2 aliphatic heterocycles. The summed E-state index contributed by atoms with van der Waals surface area (Å²) >= 11 is 0. The largest absolute Gasteiger partial charge is 0.497 e. The number of unbranched alkanes of at least 4 members (excludes halogenated alkanes) is 1. The van der Waals surface area contributed by atoms with Gasteiger partial charge in [-0.2, -0.15) is 0 Å². The van der Waals surface area contributed by atoms with Crippen LogP contribution in [0.2, 0.25) is 0 Å². The lowest BCUT2D eigenvalue weighted by molar-refractivity contribution is 0.00578. The Bertz CT molecular complexity index is 879. The fraction of sp³-hybridized carbons (Fsp3) is 0.643. The summed E-state index contributed by atoms with van der Waals surface area (Å²) in [7, 11) is 1.11. The molecule has 1 aromatic carbocycles. The second kappa shape index (κ2) is 11.3. The van der Waals surface area contributed by atoms with Crippen LogP contribution in [-0.2, 0) is 18.6 Å². The topological polar surface area (TPSA) is 49.4 Å². The minimum absolute atomic E-state index is 0.284. The lowest BCUT2D eigenvalue weighted by atomic mass is 9.89. The summed E-state index contributed by atoms with van der Waals surface area (Å²) in [6.07, 6.45) is 7.23. The lowest BCUT2D eigenvalue weighted by Gasteiger charge is -2.32. The SMILES string of the molecule is COc1ccc(N(CC/C=C/B2OC(C)(C)C(C)(C)O2)CCC/C=C/B2OC(C)(C)C(C)(C)O2)cc1. The quantitative estimate of drug-likeness (QED) is 0.274. The van der Waals surface area contributed by atoms with Crippen molar-refractivity contribution in [3.8, 4) is 5.75 Å². The van der Waals surface area contributed by atoms with Crippen LogP contribution in [0.4, 0.5) is 5.69 Å². The Kier molecular flexibility index (Phi) is 9.08. The Labute approximate surface area is 219 Å². The van der Waals surface area contributed by atoms with Crippen LogP contribution in [0.15, 0.2) is 48.4 Å². The van der Waals surface area contributed by atoms with Gasteiger partial charge in [-0.3, -0.25) is 0 Å². The molecule has 0 spiro atoms. The first-order valence-corrected chi connectivity index (χ1v) is 13.2. The first-order valence-electron chi connectivity index (χ1n) is 13.2. The van der Waals surface area contributed by atoms with Gasteiger partial charge in [-0.1, -0.05) is 24.1 Å². The second-order valence-corrected chi connectivity index (χ2v) is 11.7. The molecule has 0 unspecified atom stereocenters. The Balaban J connectivity index is 1.52. The van der Waals surface area contributed by atoms with Crippen LogP contribution in [-0.4, -0.2) is 56.8 Å². The Hall–Kier alpha value is -1.73. The zero-order chi connectivity index (χ0) is 26.6. The van der Waals surface area contributed by atoms with E-state index in [1.54, 1.807) is 7.11 Å². The number of rotatable bonds is 11. The van der Waals surface area contributed by atoms with E-state index >= 15 is 0 Å². The van der Waals surface area contributed by atoms with Gasteiger partial charge in [0.05, 0.1) is 29.5 Å². The van der Waals surface area contributed by atoms with E-state index in [4.69, 9.17) is 23.4 Å². The van der Waals surface area contributed by atoms with E-state index in [2.05, 4.69) is 84.6 Å². The van der Waals surface area contributed by atoms with Crippen LogP contribution in [0.25, 0.3) is 0 Å². The van der Waals surface area contributed by atoms with Crippen molar-refractivity contribution < 1.29 is 23.4 Å². The number of allylic oxidation sites excluding steroid dienone is 1. The summed E-state index contributed by atoms with van der Waals surface area (Å²) < 4.78 is 29.6. The van der Waals surface area contributed by atoms with Crippen molar-refractivity contribution in [2.45, 2.75) is 97.1 Å². The molecule has 198 valence electrons. The van der Waals surface area contributed by atoms with Gasteiger partial charge in [-0.25, -0.2) is 0 Å². The van der Waals surface area contributed by atoms with Gasteiger partial charge in [0.15, 0.2) is 0 Å². The van der Waals surface area contributed by atoms with Crippen LogP contribution in [0.3, 0.4) is 0 Å². The van der Waals surface area contributed by atoms with Crippen molar-refractivity contribution in [2.24, 2.45) is 0 Å². The van der Waals surface area contributed by atoms with Crippen molar-refractivity contribution >= 4 is 19.9 Å². The Morgan fingerprint density at radius 2 is 1.14 bits per heavy atom. The molecule has 0 atom stereocenters. The third-order valence-corrected chi connectivity index (χ3v) is 7.93. The molecule has 0 saturated carbocycles. The summed E-state index contributed by atoms with van der Waals surface area (Å²) in [5.41, 5.74) is -0.0495. The molecule has 2 fully saturated rings. The first kappa shape index (κ1) is 28.8. The normalized spacial score (nSPS) is 22.1. The maximum atomic E-state index is 6.08. The average molecular weight is 497 g/mol. The molecule has 36 heavy (non-hydrogen) atoms. The van der Waals surface area contributed by atoms with Crippen molar-refractivity contribution in [1.29, 1.82) is 0 Å². The summed E-state index contributed by atoms with van der Waals surface area (Å²) in [6.45, 7) is 18.5. The van der Waals surface area contributed by atoms with Gasteiger partial charge in [-0.15, -0.1) is 0 Å². The molecule has 1 aromatic rings. The van der Waals surface area contributed by atoms with Crippen LogP contribution >= 0.6 is 0 Å². The van der Waals surface area contributed by atoms with Gasteiger partial charge in [0.1, 0.15) is 5.75 Å². The van der Waals surface area contributed by atoms with Gasteiger partial charge in [0.25, 0.3) is 0 Å². The second-order valence-electron chi connectivity index (χ2n) is 11.7. The van der Waals surface area contributed by atoms with E-state index in [0.717, 1.165) is 38.1 Å². The van der Waals surface area contributed by atoms with Gasteiger partial charge in [0, 0.05) is 18.8 Å². The molecule has 0 radical (unpaired) electrons. The van der Waals surface area contributed by atoms with E-state index in [1.165, 1.54) is 5.69 Å². The van der Waals surface area contributed by atoms with Crippen LogP contribution < -0.4 is 9.64 Å². The molecule has 0 amide bonds. The Morgan fingerprint density at radius 3 is 1.58 bits per heavy atom. The zero-order valence-electron chi connectivity index (χ0n) is 23.8. The standard InChI is InChI=1S/C28H45B2NO5/c1-25(2)26(3,4)34-29(33-25)19-11-10-13-21-31(23-15-17-24(32-9)18-16-23)22-14-12-20-30-35-27(5,6)28(7,8)36-30/h11-12,15-20H,10,13-14,21-22H2,1-9H3/b19-11+,20-12+. The van der Waals surface area contributed by atoms with E-state index in [1.807, 2.05) is 24.1 Å². The molecule has 3 rings (SSSR count). The predicted molar refractivity (Wildman–Crippen MR) is 150 cm³/mol. The molecular weight excluding hydrogens is 452 g/mol. The fourth-order valence-corrected chi connectivity index (χ4v) is 4.14. The predicted octanol–water partition coefficient (Wildman–Crippen LogP) is 6.05. The van der Waals surface area contributed by atoms with E-state index in [-0.39, 0.29) is 36.6 Å². The van der Waals surface area contributed by atoms with Gasteiger partial charge in [0.2, 0.25) is 0 Å². The zero-order valence-corrected chi connectivity index (χ0v) is 23.8. The monoisotopic (exact) mass is 497 g/mol. The maximum Gasteiger partial charge on any atom is 0.486 e. The molecule has 2 aliphatic rings. The highest BCUT2D eigenvalue weighted by Crippen LogP contribution is 2.37. The summed E-state index contributed by atoms with van der Waals surface area (Å²) in [6, 6.07) is 8.27. The molecule has 2 saturated heterocycles. The summed E-state index contributed by atoms with van der Waals surface area (Å²) in [4.78, 5) is 2.41. The van der Waals surface area contributed by atoms with Crippen LogP contribution in [0, 0.1) is 0 Å². The summed E-state index contributed by atoms with van der Waals surface area (Å²) in [5, 5.41) is 0. The molecule has 6 nitrogen and oxygen atoms in total. The van der Waals surface area contributed by atoms with E-state index in [0.29, 0.717) is 0 Å². The first-order chi connectivity index (χ1) is 16.8. The lowest BCUT2D eigenvalue weighted by Crippen LogP contribution is -2.41. The van der Waals surface area contributed by atoms with Crippen molar-refractivity contribution in [2.75, 3.05) is 25.1 Å². The molecule has 0 bridgehead atoms. The number of methoxy groups -OCH3 is 1. The minimum atomic E-state index is -0.315. The maximum absolute atomic E-state index is 6.08. The number of hydrogen-bond donors (Lipinski definition) is 0. The summed E-state index contributed by atoms with van der Waals surface area (Å²) in [5.74, 6) is 4.95. The third-order valence-electron chi connectivity index (χ3n) is 7.93. The third kappa shape index (κ3) is 6.97. The fourth-order valence-electron chi connectivity index (χ4n) is 4.14. The number of benzene rings is 1. The highest BCUT2D eigenvalue weighted by atomic mass is 16.7. The van der Waals surface area contributed by atoms with Gasteiger partial charge >= 0.3 is 14.2 Å². The van der Waals surface area contributed by atoms with Crippen molar-refractivity contribution in [1.82, 2.24) is 0 Å². The average Bonchev–Trinajstić information content (AvgIpc) is 3.13. The molecule has 8 heteroatoms. The van der Waals surface area contributed by atoms with E-state index in [9.17, 15) is 0 Å².